The maximum absolute atomic E-state index is 11.7. The minimum atomic E-state index is -0.939. The van der Waals surface area contributed by atoms with E-state index >= 15 is 0 Å². The molecule has 0 amide bonds. The largest absolute Gasteiger partial charge is 0.497 e. The van der Waals surface area contributed by atoms with Gasteiger partial charge in [-0.05, 0) is 53.3 Å². The fraction of sp³-hybridized carbons (Fsp3) is 0.250. The Hall–Kier alpha value is -2.55. The minimum Gasteiger partial charge on any atom is -0.497 e. The zero-order valence-corrected chi connectivity index (χ0v) is 14.0. The molecule has 2 aromatic carbocycles. The summed E-state index contributed by atoms with van der Waals surface area (Å²) in [5, 5.41) is 9.58. The van der Waals surface area contributed by atoms with Crippen molar-refractivity contribution < 1.29 is 14.6 Å². The Labute approximate surface area is 137 Å². The van der Waals surface area contributed by atoms with Crippen molar-refractivity contribution in [3.8, 4) is 5.75 Å². The van der Waals surface area contributed by atoms with Crippen LogP contribution in [0.3, 0.4) is 0 Å². The fourth-order valence-electron chi connectivity index (χ4n) is 2.46. The predicted molar refractivity (Wildman–Crippen MR) is 93.8 cm³/mol. The van der Waals surface area contributed by atoms with Crippen molar-refractivity contribution in [3.63, 3.8) is 0 Å². The molecule has 2 aromatic rings. The summed E-state index contributed by atoms with van der Waals surface area (Å²) in [6.07, 6.45) is 1.71. The summed E-state index contributed by atoms with van der Waals surface area (Å²) in [6, 6.07) is 13.4. The van der Waals surface area contributed by atoms with Gasteiger partial charge in [-0.25, -0.2) is 4.79 Å². The van der Waals surface area contributed by atoms with Gasteiger partial charge in [0.1, 0.15) is 5.75 Å². The van der Waals surface area contributed by atoms with Gasteiger partial charge in [-0.3, -0.25) is 0 Å². The Bertz CT molecular complexity index is 725. The van der Waals surface area contributed by atoms with Crippen LogP contribution in [0, 0.1) is 6.92 Å². The average Bonchev–Trinajstić information content (AvgIpc) is 2.53. The van der Waals surface area contributed by atoms with Crippen LogP contribution in [0.15, 0.2) is 42.5 Å². The van der Waals surface area contributed by atoms with Crippen LogP contribution < -0.4 is 4.74 Å². The third kappa shape index (κ3) is 4.01. The molecule has 0 bridgehead atoms. The summed E-state index contributed by atoms with van der Waals surface area (Å²) in [5.74, 6) is 0.235. The molecular formula is C20H22O3. The highest BCUT2D eigenvalue weighted by Crippen LogP contribution is 2.26. The number of hydrogen-bond acceptors (Lipinski definition) is 2. The monoisotopic (exact) mass is 310 g/mol. The predicted octanol–water partition coefficient (Wildman–Crippen LogP) is 4.75. The molecule has 2 rings (SSSR count). The number of carbonyl (C=O) groups is 1. The molecule has 0 saturated carbocycles. The Balaban J connectivity index is 2.44. The van der Waals surface area contributed by atoms with Crippen molar-refractivity contribution in [2.24, 2.45) is 0 Å². The summed E-state index contributed by atoms with van der Waals surface area (Å²) < 4.78 is 5.18. The molecule has 23 heavy (non-hydrogen) atoms. The van der Waals surface area contributed by atoms with Crippen LogP contribution in [0.4, 0.5) is 0 Å². The highest BCUT2D eigenvalue weighted by atomic mass is 16.5. The molecule has 0 unspecified atom stereocenters. The molecule has 0 aromatic heterocycles. The summed E-state index contributed by atoms with van der Waals surface area (Å²) in [4.78, 5) is 11.7. The smallest absolute Gasteiger partial charge is 0.336 e. The molecule has 0 heterocycles. The van der Waals surface area contributed by atoms with Gasteiger partial charge in [-0.2, -0.15) is 0 Å². The fourth-order valence-corrected chi connectivity index (χ4v) is 2.46. The Kier molecular flexibility index (Phi) is 5.22. The Morgan fingerprint density at radius 2 is 1.78 bits per heavy atom. The van der Waals surface area contributed by atoms with Crippen molar-refractivity contribution in [3.05, 3.63) is 64.7 Å². The van der Waals surface area contributed by atoms with Gasteiger partial charge in [0.2, 0.25) is 0 Å². The normalized spacial score (nSPS) is 11.6. The molecule has 0 saturated heterocycles. The van der Waals surface area contributed by atoms with Crippen LogP contribution in [0.2, 0.25) is 0 Å². The molecule has 1 N–H and O–H groups in total. The van der Waals surface area contributed by atoms with Crippen molar-refractivity contribution in [1.82, 2.24) is 0 Å². The van der Waals surface area contributed by atoms with E-state index in [-0.39, 0.29) is 5.57 Å². The topological polar surface area (TPSA) is 46.5 Å². The molecule has 0 aliphatic rings. The average molecular weight is 310 g/mol. The van der Waals surface area contributed by atoms with E-state index in [1.54, 1.807) is 25.3 Å². The van der Waals surface area contributed by atoms with Crippen LogP contribution in [-0.4, -0.2) is 18.2 Å². The van der Waals surface area contributed by atoms with Crippen LogP contribution >= 0.6 is 0 Å². The molecule has 0 atom stereocenters. The third-order valence-electron chi connectivity index (χ3n) is 3.87. The van der Waals surface area contributed by atoms with E-state index in [9.17, 15) is 9.90 Å². The van der Waals surface area contributed by atoms with Crippen molar-refractivity contribution in [1.29, 1.82) is 0 Å². The molecule has 0 aliphatic heterocycles. The Morgan fingerprint density at radius 1 is 1.13 bits per heavy atom. The first-order valence-corrected chi connectivity index (χ1v) is 7.62. The number of carboxylic acid groups (broad SMARTS) is 1. The van der Waals surface area contributed by atoms with Crippen molar-refractivity contribution in [2.45, 2.75) is 26.7 Å². The second-order valence-electron chi connectivity index (χ2n) is 5.87. The summed E-state index contributed by atoms with van der Waals surface area (Å²) in [7, 11) is 1.60. The molecular weight excluding hydrogens is 288 g/mol. The zero-order valence-electron chi connectivity index (χ0n) is 14.0. The number of rotatable bonds is 5. The number of ether oxygens (including phenoxy) is 1. The number of benzene rings is 2. The van der Waals surface area contributed by atoms with Crippen molar-refractivity contribution in [2.75, 3.05) is 7.11 Å². The molecule has 0 spiro atoms. The lowest BCUT2D eigenvalue weighted by molar-refractivity contribution is -0.130. The van der Waals surface area contributed by atoms with E-state index in [4.69, 9.17) is 4.74 Å². The van der Waals surface area contributed by atoms with E-state index in [0.29, 0.717) is 11.5 Å². The second-order valence-corrected chi connectivity index (χ2v) is 5.87. The second kappa shape index (κ2) is 7.14. The number of aryl methyl sites for hydroxylation is 1. The van der Waals surface area contributed by atoms with E-state index < -0.39 is 5.97 Å². The lowest BCUT2D eigenvalue weighted by atomic mass is 9.97. The number of hydrogen-bond donors (Lipinski definition) is 1. The maximum Gasteiger partial charge on any atom is 0.336 e. The highest BCUT2D eigenvalue weighted by molar-refractivity contribution is 6.21. The van der Waals surface area contributed by atoms with Gasteiger partial charge >= 0.3 is 5.97 Å². The van der Waals surface area contributed by atoms with Gasteiger partial charge in [0.25, 0.3) is 0 Å². The van der Waals surface area contributed by atoms with Crippen LogP contribution in [0.5, 0.6) is 5.75 Å². The van der Waals surface area contributed by atoms with Gasteiger partial charge in [0.05, 0.1) is 12.7 Å². The van der Waals surface area contributed by atoms with Gasteiger partial charge in [-0.1, -0.05) is 44.2 Å². The molecule has 120 valence electrons. The van der Waals surface area contributed by atoms with Crippen LogP contribution in [-0.2, 0) is 4.79 Å². The van der Waals surface area contributed by atoms with Gasteiger partial charge in [0, 0.05) is 0 Å². The molecule has 0 fully saturated rings. The number of aliphatic carboxylic acids is 1. The van der Waals surface area contributed by atoms with Crippen LogP contribution in [0.25, 0.3) is 11.6 Å². The van der Waals surface area contributed by atoms with Gasteiger partial charge in [0.15, 0.2) is 0 Å². The first-order valence-electron chi connectivity index (χ1n) is 7.62. The van der Waals surface area contributed by atoms with E-state index in [1.165, 1.54) is 5.56 Å². The van der Waals surface area contributed by atoms with Gasteiger partial charge in [-0.15, -0.1) is 0 Å². The first-order chi connectivity index (χ1) is 10.9. The summed E-state index contributed by atoms with van der Waals surface area (Å²) in [6.45, 7) is 6.15. The van der Waals surface area contributed by atoms with Gasteiger partial charge < -0.3 is 9.84 Å². The van der Waals surface area contributed by atoms with Crippen molar-refractivity contribution >= 4 is 17.6 Å². The third-order valence-corrected chi connectivity index (χ3v) is 3.87. The van der Waals surface area contributed by atoms with E-state index in [1.807, 2.05) is 37.3 Å². The lowest BCUT2D eigenvalue weighted by Crippen LogP contribution is -2.02. The number of carboxylic acids is 1. The molecule has 3 nitrogen and oxygen atoms in total. The quantitative estimate of drug-likeness (QED) is 0.640. The first kappa shape index (κ1) is 16.8. The van der Waals surface area contributed by atoms with E-state index in [0.717, 1.165) is 16.9 Å². The van der Waals surface area contributed by atoms with Crippen LogP contribution in [0.1, 0.15) is 42.0 Å². The SMILES string of the molecule is COc1ccc(/C(=C/c2ccc(C(C)C)cc2)C(=O)O)c(C)c1. The van der Waals surface area contributed by atoms with E-state index in [2.05, 4.69) is 13.8 Å². The number of methoxy groups -OCH3 is 1. The zero-order chi connectivity index (χ0) is 17.0. The summed E-state index contributed by atoms with van der Waals surface area (Å²) in [5.41, 5.74) is 3.96. The standard InChI is InChI=1S/C20H22O3/c1-13(2)16-7-5-15(6-8-16)12-19(20(21)22)18-10-9-17(23-4)11-14(18)3/h5-13H,1-4H3,(H,21,22)/b19-12-. The molecule has 3 heteroatoms. The molecule has 0 aliphatic carbocycles. The Morgan fingerprint density at radius 3 is 2.26 bits per heavy atom. The highest BCUT2D eigenvalue weighted by Gasteiger charge is 2.13. The lowest BCUT2D eigenvalue weighted by Gasteiger charge is -2.10. The summed E-state index contributed by atoms with van der Waals surface area (Å²) >= 11 is 0. The minimum absolute atomic E-state index is 0.280. The molecule has 0 radical (unpaired) electrons. The maximum atomic E-state index is 11.7.